The third-order valence-electron chi connectivity index (χ3n) is 5.31. The third-order valence-corrected chi connectivity index (χ3v) is 5.31. The quantitative estimate of drug-likeness (QED) is 0.419. The third kappa shape index (κ3) is 5.82. The van der Waals surface area contributed by atoms with Crippen molar-refractivity contribution in [3.63, 3.8) is 0 Å². The number of aryl methyl sites for hydroxylation is 1. The predicted molar refractivity (Wildman–Crippen MR) is 122 cm³/mol. The maximum Gasteiger partial charge on any atom is 0.191 e. The van der Waals surface area contributed by atoms with Gasteiger partial charge in [0.1, 0.15) is 29.7 Å². The van der Waals surface area contributed by atoms with E-state index in [-0.39, 0.29) is 6.04 Å². The van der Waals surface area contributed by atoms with E-state index in [0.29, 0.717) is 25.3 Å². The summed E-state index contributed by atoms with van der Waals surface area (Å²) in [6.45, 7) is 4.59. The maximum absolute atomic E-state index is 5.55. The normalized spacial score (nSPS) is 15.8. The number of hydrogen-bond acceptors (Lipinski definition) is 7. The average molecular weight is 447 g/mol. The minimum atomic E-state index is 0.224. The fourth-order valence-electron chi connectivity index (χ4n) is 3.79. The molecule has 0 radical (unpaired) electrons. The molecule has 2 aromatic rings. The van der Waals surface area contributed by atoms with E-state index in [0.717, 1.165) is 60.6 Å². The number of aliphatic imine (C=N–C) groups is 1. The Morgan fingerprint density at radius 2 is 1.91 bits per heavy atom. The van der Waals surface area contributed by atoms with E-state index in [9.17, 15) is 0 Å². The Hall–Kier alpha value is -3.01. The highest BCUT2D eigenvalue weighted by Gasteiger charge is 2.22. The fourth-order valence-corrected chi connectivity index (χ4v) is 3.79. The summed E-state index contributed by atoms with van der Waals surface area (Å²) in [5, 5.41) is 11.4. The number of guanidine groups is 1. The zero-order chi connectivity index (χ0) is 22.9. The van der Waals surface area contributed by atoms with E-state index >= 15 is 0 Å². The first-order valence-corrected chi connectivity index (χ1v) is 10.9. The van der Waals surface area contributed by atoms with Crippen molar-refractivity contribution >= 4 is 5.96 Å². The number of benzene rings is 1. The van der Waals surface area contributed by atoms with Crippen molar-refractivity contribution in [3.05, 3.63) is 29.3 Å². The van der Waals surface area contributed by atoms with Crippen LogP contribution in [0.5, 0.6) is 17.2 Å². The van der Waals surface area contributed by atoms with Gasteiger partial charge in [0.2, 0.25) is 0 Å². The Bertz CT molecular complexity index is 889. The lowest BCUT2D eigenvalue weighted by molar-refractivity contribution is 0.177. The highest BCUT2D eigenvalue weighted by molar-refractivity contribution is 5.80. The van der Waals surface area contributed by atoms with Crippen LogP contribution in [0.2, 0.25) is 0 Å². The van der Waals surface area contributed by atoms with Crippen molar-refractivity contribution in [2.24, 2.45) is 4.99 Å². The van der Waals surface area contributed by atoms with Crippen LogP contribution >= 0.6 is 0 Å². The van der Waals surface area contributed by atoms with Gasteiger partial charge in [0.05, 0.1) is 27.9 Å². The Balaban J connectivity index is 1.66. The standard InChI is InChI=1S/C22H34N6O4/c1-6-23-22(25-15-7-8-21-26-20(14-29-2)27-28(21)13-15)24-10-9-17-18(31-4)11-16(30-3)12-19(17)32-5/h11-12,15H,6-10,13-14H2,1-5H3,(H2,23,24,25). The number of methoxy groups -OCH3 is 4. The van der Waals surface area contributed by atoms with Gasteiger partial charge in [-0.15, -0.1) is 0 Å². The van der Waals surface area contributed by atoms with E-state index in [2.05, 4.69) is 27.6 Å². The number of aromatic nitrogens is 3. The smallest absolute Gasteiger partial charge is 0.191 e. The van der Waals surface area contributed by atoms with Gasteiger partial charge in [0.15, 0.2) is 11.8 Å². The second-order valence-electron chi connectivity index (χ2n) is 7.46. The predicted octanol–water partition coefficient (Wildman–Crippen LogP) is 1.56. The fraction of sp³-hybridized carbons (Fsp3) is 0.591. The number of fused-ring (bicyclic) bond motifs is 1. The number of nitrogens with zero attached hydrogens (tertiary/aromatic N) is 4. The molecule has 1 unspecified atom stereocenters. The molecule has 10 heteroatoms. The molecule has 0 saturated heterocycles. The van der Waals surface area contributed by atoms with Gasteiger partial charge in [-0.3, -0.25) is 4.99 Å². The molecular formula is C22H34N6O4. The van der Waals surface area contributed by atoms with E-state index in [1.165, 1.54) is 0 Å². The molecule has 1 aliphatic heterocycles. The summed E-state index contributed by atoms with van der Waals surface area (Å²) in [6.07, 6.45) is 2.51. The lowest BCUT2D eigenvalue weighted by Crippen LogP contribution is -2.47. The van der Waals surface area contributed by atoms with Crippen LogP contribution in [0.4, 0.5) is 0 Å². The molecule has 1 aromatic heterocycles. The maximum atomic E-state index is 5.55. The molecule has 0 spiro atoms. The number of nitrogens with one attached hydrogen (secondary N) is 2. The van der Waals surface area contributed by atoms with Crippen LogP contribution in [0.15, 0.2) is 17.1 Å². The molecule has 0 amide bonds. The van der Waals surface area contributed by atoms with Crippen LogP contribution in [0.25, 0.3) is 0 Å². The molecule has 176 valence electrons. The lowest BCUT2D eigenvalue weighted by Gasteiger charge is -2.25. The number of hydrogen-bond donors (Lipinski definition) is 2. The molecule has 0 saturated carbocycles. The van der Waals surface area contributed by atoms with Gasteiger partial charge < -0.3 is 29.6 Å². The molecule has 1 aliphatic rings. The summed E-state index contributed by atoms with van der Waals surface area (Å²) < 4.78 is 23.5. The highest BCUT2D eigenvalue weighted by atomic mass is 16.5. The molecule has 32 heavy (non-hydrogen) atoms. The first-order valence-electron chi connectivity index (χ1n) is 10.9. The summed E-state index contributed by atoms with van der Waals surface area (Å²) in [5.41, 5.74) is 0.964. The van der Waals surface area contributed by atoms with Gasteiger partial charge in [-0.25, -0.2) is 9.67 Å². The Morgan fingerprint density at radius 3 is 2.53 bits per heavy atom. The van der Waals surface area contributed by atoms with Crippen LogP contribution in [0.3, 0.4) is 0 Å². The minimum Gasteiger partial charge on any atom is -0.496 e. The first-order chi connectivity index (χ1) is 15.6. The number of ether oxygens (including phenoxy) is 4. The summed E-state index contributed by atoms with van der Waals surface area (Å²) >= 11 is 0. The summed E-state index contributed by atoms with van der Waals surface area (Å²) in [5.74, 6) is 4.67. The molecule has 3 rings (SSSR count). The van der Waals surface area contributed by atoms with Crippen molar-refractivity contribution in [3.8, 4) is 17.2 Å². The second-order valence-corrected chi connectivity index (χ2v) is 7.46. The van der Waals surface area contributed by atoms with E-state index in [1.807, 2.05) is 16.8 Å². The van der Waals surface area contributed by atoms with Gasteiger partial charge in [-0.2, -0.15) is 5.10 Å². The SMILES string of the molecule is CCNC(=NCCc1c(OC)cc(OC)cc1OC)NC1CCc2nc(COC)nn2C1. The molecule has 1 aromatic carbocycles. The Morgan fingerprint density at radius 1 is 1.16 bits per heavy atom. The Labute approximate surface area is 189 Å². The average Bonchev–Trinajstić information content (AvgIpc) is 3.20. The molecule has 0 bridgehead atoms. The molecular weight excluding hydrogens is 412 g/mol. The van der Waals surface area contributed by atoms with Crippen molar-refractivity contribution in [1.82, 2.24) is 25.4 Å². The second kappa shape index (κ2) is 11.6. The van der Waals surface area contributed by atoms with E-state index < -0.39 is 0 Å². The lowest BCUT2D eigenvalue weighted by atomic mass is 10.1. The van der Waals surface area contributed by atoms with Gasteiger partial charge >= 0.3 is 0 Å². The largest absolute Gasteiger partial charge is 0.496 e. The van der Waals surface area contributed by atoms with Crippen molar-refractivity contribution in [1.29, 1.82) is 0 Å². The molecule has 10 nitrogen and oxygen atoms in total. The topological polar surface area (TPSA) is 104 Å². The van der Waals surface area contributed by atoms with Crippen LogP contribution < -0.4 is 24.8 Å². The van der Waals surface area contributed by atoms with E-state index in [1.54, 1.807) is 28.4 Å². The van der Waals surface area contributed by atoms with Gasteiger partial charge in [0, 0.05) is 50.4 Å². The van der Waals surface area contributed by atoms with Crippen molar-refractivity contribution < 1.29 is 18.9 Å². The van der Waals surface area contributed by atoms with Gasteiger partial charge in [-0.05, 0) is 19.8 Å². The van der Waals surface area contributed by atoms with Crippen LogP contribution in [-0.2, 0) is 30.7 Å². The van der Waals surface area contributed by atoms with Crippen molar-refractivity contribution in [2.45, 2.75) is 45.4 Å². The van der Waals surface area contributed by atoms with E-state index in [4.69, 9.17) is 23.9 Å². The number of rotatable bonds is 10. The van der Waals surface area contributed by atoms with Gasteiger partial charge in [0.25, 0.3) is 0 Å². The molecule has 0 fully saturated rings. The molecule has 0 aliphatic carbocycles. The van der Waals surface area contributed by atoms with Crippen LogP contribution in [0, 0.1) is 0 Å². The minimum absolute atomic E-state index is 0.224. The molecule has 2 heterocycles. The zero-order valence-corrected chi connectivity index (χ0v) is 19.6. The summed E-state index contributed by atoms with van der Waals surface area (Å²) in [7, 11) is 6.57. The van der Waals surface area contributed by atoms with Crippen LogP contribution in [-0.4, -0.2) is 68.3 Å². The summed E-state index contributed by atoms with van der Waals surface area (Å²) in [4.78, 5) is 9.31. The molecule has 2 N–H and O–H groups in total. The summed E-state index contributed by atoms with van der Waals surface area (Å²) in [6, 6.07) is 3.95. The monoisotopic (exact) mass is 446 g/mol. The van der Waals surface area contributed by atoms with Crippen molar-refractivity contribution in [2.75, 3.05) is 41.5 Å². The highest BCUT2D eigenvalue weighted by Crippen LogP contribution is 2.34. The molecule has 1 atom stereocenters. The zero-order valence-electron chi connectivity index (χ0n) is 19.6. The first kappa shape index (κ1) is 23.6. The van der Waals surface area contributed by atoms with Crippen LogP contribution in [0.1, 0.15) is 30.6 Å². The Kier molecular flexibility index (Phi) is 8.55. The van der Waals surface area contributed by atoms with Gasteiger partial charge in [-0.1, -0.05) is 0 Å².